The molecule has 5 nitrogen and oxygen atoms in total. The number of imidazole rings is 1. The molecule has 3 rings (SSSR count). The summed E-state index contributed by atoms with van der Waals surface area (Å²) in [6.07, 6.45) is 4.52. The Morgan fingerprint density at radius 1 is 1.35 bits per heavy atom. The highest BCUT2D eigenvalue weighted by molar-refractivity contribution is 7.91. The van der Waals surface area contributed by atoms with Crippen LogP contribution in [0.1, 0.15) is 32.2 Å². The Bertz CT molecular complexity index is 764. The van der Waals surface area contributed by atoms with Gasteiger partial charge in [-0.1, -0.05) is 13.0 Å². The summed E-state index contributed by atoms with van der Waals surface area (Å²) in [6.45, 7) is 2.23. The van der Waals surface area contributed by atoms with E-state index in [2.05, 4.69) is 11.9 Å². The average Bonchev–Trinajstić information content (AvgIpc) is 2.89. The summed E-state index contributed by atoms with van der Waals surface area (Å²) in [6, 6.07) is 5.57. The van der Waals surface area contributed by atoms with Crippen molar-refractivity contribution in [2.24, 2.45) is 5.92 Å². The summed E-state index contributed by atoms with van der Waals surface area (Å²) in [5.41, 5.74) is 7.36. The van der Waals surface area contributed by atoms with Crippen molar-refractivity contribution in [1.82, 2.24) is 9.55 Å². The molecule has 108 valence electrons. The van der Waals surface area contributed by atoms with E-state index in [0.717, 1.165) is 18.4 Å². The van der Waals surface area contributed by atoms with Gasteiger partial charge < -0.3 is 10.3 Å². The van der Waals surface area contributed by atoms with Crippen LogP contribution in [0.2, 0.25) is 0 Å². The van der Waals surface area contributed by atoms with Crippen LogP contribution in [0.4, 0.5) is 5.95 Å². The van der Waals surface area contributed by atoms with Gasteiger partial charge in [-0.3, -0.25) is 0 Å². The molecule has 2 aromatic rings. The molecule has 2 N–H and O–H groups in total. The van der Waals surface area contributed by atoms with Crippen LogP contribution in [0.5, 0.6) is 0 Å². The topological polar surface area (TPSA) is 78.0 Å². The van der Waals surface area contributed by atoms with Gasteiger partial charge in [-0.15, -0.1) is 0 Å². The molecule has 1 aromatic heterocycles. The maximum atomic E-state index is 11.9. The normalized spacial score (nSPS) is 23.5. The predicted octanol–water partition coefficient (Wildman–Crippen LogP) is 2.38. The maximum Gasteiger partial charge on any atom is 0.201 e. The lowest BCUT2D eigenvalue weighted by atomic mass is 10.1. The highest BCUT2D eigenvalue weighted by Gasteiger charge is 2.27. The van der Waals surface area contributed by atoms with Crippen LogP contribution in [0.25, 0.3) is 11.0 Å². The molecular formula is C14H19N3O2S. The molecule has 1 aromatic carbocycles. The van der Waals surface area contributed by atoms with Gasteiger partial charge in [0.15, 0.2) is 9.84 Å². The predicted molar refractivity (Wildman–Crippen MR) is 79.3 cm³/mol. The van der Waals surface area contributed by atoms with Gasteiger partial charge in [0.1, 0.15) is 5.52 Å². The van der Waals surface area contributed by atoms with Crippen molar-refractivity contribution in [2.75, 3.05) is 12.0 Å². The standard InChI is InChI=1S/C14H19N3O2S/c1-9-6-7-10(8-9)17-11-4-3-5-12(20(2,18)19)13(11)16-14(17)15/h3-5,9-10H,6-8H2,1-2H3,(H2,15,16). The van der Waals surface area contributed by atoms with Crippen molar-refractivity contribution < 1.29 is 8.42 Å². The van der Waals surface area contributed by atoms with Crippen LogP contribution in [-0.2, 0) is 9.84 Å². The molecule has 20 heavy (non-hydrogen) atoms. The lowest BCUT2D eigenvalue weighted by Crippen LogP contribution is -2.09. The summed E-state index contributed by atoms with van der Waals surface area (Å²) in [7, 11) is -3.30. The number of hydrogen-bond acceptors (Lipinski definition) is 4. The van der Waals surface area contributed by atoms with Gasteiger partial charge in [-0.05, 0) is 37.3 Å². The number of sulfone groups is 1. The van der Waals surface area contributed by atoms with Crippen molar-refractivity contribution >= 4 is 26.8 Å². The fraction of sp³-hybridized carbons (Fsp3) is 0.500. The van der Waals surface area contributed by atoms with Crippen LogP contribution in [0.3, 0.4) is 0 Å². The second-order valence-corrected chi connectivity index (χ2v) is 7.79. The number of rotatable bonds is 2. The number of para-hydroxylation sites is 1. The third-order valence-electron chi connectivity index (χ3n) is 4.14. The van der Waals surface area contributed by atoms with Gasteiger partial charge in [0.25, 0.3) is 0 Å². The largest absolute Gasteiger partial charge is 0.369 e. The molecule has 0 amide bonds. The lowest BCUT2D eigenvalue weighted by molar-refractivity contribution is 0.510. The third kappa shape index (κ3) is 2.08. The molecule has 1 aliphatic rings. The third-order valence-corrected chi connectivity index (χ3v) is 5.27. The van der Waals surface area contributed by atoms with E-state index in [4.69, 9.17) is 5.73 Å². The molecule has 1 saturated carbocycles. The number of nitrogen functional groups attached to an aromatic ring is 1. The number of anilines is 1. The van der Waals surface area contributed by atoms with E-state index in [9.17, 15) is 8.42 Å². The Morgan fingerprint density at radius 2 is 2.10 bits per heavy atom. The Hall–Kier alpha value is -1.56. The highest BCUT2D eigenvalue weighted by atomic mass is 32.2. The Balaban J connectivity index is 2.22. The summed E-state index contributed by atoms with van der Waals surface area (Å²) >= 11 is 0. The first-order chi connectivity index (χ1) is 9.38. The summed E-state index contributed by atoms with van der Waals surface area (Å²) in [5, 5.41) is 0. The van der Waals surface area contributed by atoms with Crippen molar-refractivity contribution in [3.63, 3.8) is 0 Å². The summed E-state index contributed by atoms with van der Waals surface area (Å²) in [4.78, 5) is 4.57. The van der Waals surface area contributed by atoms with Gasteiger partial charge in [0.05, 0.1) is 10.4 Å². The van der Waals surface area contributed by atoms with Crippen LogP contribution in [-0.4, -0.2) is 24.2 Å². The van der Waals surface area contributed by atoms with Gasteiger partial charge >= 0.3 is 0 Å². The first kappa shape index (κ1) is 13.4. The number of nitrogens with two attached hydrogens (primary N) is 1. The fourth-order valence-electron chi connectivity index (χ4n) is 3.20. The Morgan fingerprint density at radius 3 is 2.70 bits per heavy atom. The molecule has 2 atom stereocenters. The van der Waals surface area contributed by atoms with Gasteiger partial charge in [0, 0.05) is 12.3 Å². The van der Waals surface area contributed by atoms with Crippen molar-refractivity contribution in [3.8, 4) is 0 Å². The number of benzene rings is 1. The van der Waals surface area contributed by atoms with Crippen LogP contribution >= 0.6 is 0 Å². The highest BCUT2D eigenvalue weighted by Crippen LogP contribution is 2.38. The van der Waals surface area contributed by atoms with E-state index < -0.39 is 9.84 Å². The zero-order valence-electron chi connectivity index (χ0n) is 11.7. The molecule has 1 aliphatic carbocycles. The number of aromatic nitrogens is 2. The smallest absolute Gasteiger partial charge is 0.201 e. The Labute approximate surface area is 118 Å². The molecular weight excluding hydrogens is 274 g/mol. The summed E-state index contributed by atoms with van der Waals surface area (Å²) in [5.74, 6) is 1.09. The molecule has 1 heterocycles. The van der Waals surface area contributed by atoms with E-state index >= 15 is 0 Å². The Kier molecular flexibility index (Phi) is 3.01. The zero-order valence-corrected chi connectivity index (χ0v) is 12.5. The molecule has 0 aliphatic heterocycles. The van der Waals surface area contributed by atoms with Crippen molar-refractivity contribution in [2.45, 2.75) is 37.1 Å². The van der Waals surface area contributed by atoms with Gasteiger partial charge in [-0.25, -0.2) is 13.4 Å². The number of hydrogen-bond donors (Lipinski definition) is 1. The van der Waals surface area contributed by atoms with Crippen molar-refractivity contribution in [3.05, 3.63) is 18.2 Å². The fourth-order valence-corrected chi connectivity index (χ4v) is 4.03. The van der Waals surface area contributed by atoms with Gasteiger partial charge in [-0.2, -0.15) is 0 Å². The molecule has 0 spiro atoms. The minimum atomic E-state index is -3.30. The molecule has 1 fully saturated rings. The van der Waals surface area contributed by atoms with Crippen LogP contribution < -0.4 is 5.73 Å². The molecule has 0 saturated heterocycles. The second-order valence-electron chi connectivity index (χ2n) is 5.81. The second kappa shape index (κ2) is 4.48. The first-order valence-electron chi connectivity index (χ1n) is 6.84. The molecule has 0 bridgehead atoms. The minimum absolute atomic E-state index is 0.256. The van der Waals surface area contributed by atoms with Crippen LogP contribution in [0.15, 0.2) is 23.1 Å². The average molecular weight is 293 g/mol. The number of nitrogens with zero attached hydrogens (tertiary/aromatic N) is 2. The lowest BCUT2D eigenvalue weighted by Gasteiger charge is -2.14. The van der Waals surface area contributed by atoms with Gasteiger partial charge in [0.2, 0.25) is 5.95 Å². The van der Waals surface area contributed by atoms with E-state index in [1.165, 1.54) is 12.7 Å². The SMILES string of the molecule is CC1CCC(n2c(N)nc3c(S(C)(=O)=O)cccc32)C1. The van der Waals surface area contributed by atoms with Crippen molar-refractivity contribution in [1.29, 1.82) is 0 Å². The molecule has 6 heteroatoms. The zero-order chi connectivity index (χ0) is 14.5. The van der Waals surface area contributed by atoms with E-state index in [1.54, 1.807) is 12.1 Å². The monoisotopic (exact) mass is 293 g/mol. The first-order valence-corrected chi connectivity index (χ1v) is 8.73. The summed E-state index contributed by atoms with van der Waals surface area (Å²) < 4.78 is 25.7. The number of fused-ring (bicyclic) bond motifs is 1. The van der Waals surface area contributed by atoms with Crippen LogP contribution in [0, 0.1) is 5.92 Å². The molecule has 2 unspecified atom stereocenters. The van der Waals surface area contributed by atoms with E-state index in [-0.39, 0.29) is 4.90 Å². The molecule has 0 radical (unpaired) electrons. The quantitative estimate of drug-likeness (QED) is 0.922. The maximum absolute atomic E-state index is 11.9. The van der Waals surface area contributed by atoms with E-state index in [1.807, 2.05) is 10.6 Å². The van der Waals surface area contributed by atoms with E-state index in [0.29, 0.717) is 23.4 Å². The minimum Gasteiger partial charge on any atom is -0.369 e.